The predicted octanol–water partition coefficient (Wildman–Crippen LogP) is 0.837. The first-order valence-electron chi connectivity index (χ1n) is 5.93. The van der Waals surface area contributed by atoms with Gasteiger partial charge < -0.3 is 15.3 Å². The minimum absolute atomic E-state index is 0.00901. The van der Waals surface area contributed by atoms with E-state index in [0.29, 0.717) is 13.0 Å². The first-order chi connectivity index (χ1) is 9.08. The quantitative estimate of drug-likeness (QED) is 0.850. The van der Waals surface area contributed by atoms with Crippen LogP contribution in [-0.2, 0) is 11.3 Å². The van der Waals surface area contributed by atoms with Gasteiger partial charge in [0.2, 0.25) is 5.91 Å². The molecule has 1 aromatic heterocycles. The third-order valence-corrected chi connectivity index (χ3v) is 3.09. The average Bonchev–Trinajstić information content (AvgIpc) is 2.87. The van der Waals surface area contributed by atoms with E-state index in [1.165, 1.54) is 23.2 Å². The van der Waals surface area contributed by atoms with Gasteiger partial charge in [-0.3, -0.25) is 9.78 Å². The van der Waals surface area contributed by atoms with Crippen LogP contribution in [0.1, 0.15) is 12.1 Å². The Balaban J connectivity index is 1.86. The zero-order chi connectivity index (χ0) is 13.8. The van der Waals surface area contributed by atoms with Crippen molar-refractivity contribution in [1.82, 2.24) is 15.2 Å². The first kappa shape index (κ1) is 13.3. The van der Waals surface area contributed by atoms with Crippen molar-refractivity contribution in [2.45, 2.75) is 13.0 Å². The van der Waals surface area contributed by atoms with E-state index < -0.39 is 11.9 Å². The molecule has 2 amide bonds. The van der Waals surface area contributed by atoms with Crippen LogP contribution in [0.3, 0.4) is 0 Å². The molecule has 2 heterocycles. The fraction of sp³-hybridized carbons (Fsp3) is 0.417. The second-order valence-electron chi connectivity index (χ2n) is 4.36. The highest BCUT2D eigenvalue weighted by atomic mass is 19.1. The van der Waals surface area contributed by atoms with Crippen molar-refractivity contribution in [3.63, 3.8) is 0 Å². The van der Waals surface area contributed by atoms with E-state index in [1.807, 2.05) is 0 Å². The number of aromatic nitrogens is 1. The van der Waals surface area contributed by atoms with E-state index >= 15 is 0 Å². The number of halogens is 1. The molecule has 19 heavy (non-hydrogen) atoms. The summed E-state index contributed by atoms with van der Waals surface area (Å²) in [5.41, 5.74) is 0.170. The number of carboxylic acid groups (broad SMARTS) is 1. The molecule has 0 bridgehead atoms. The molecule has 2 rings (SSSR count). The molecule has 0 saturated carbocycles. The molecule has 7 heteroatoms. The topological polar surface area (TPSA) is 82.5 Å². The van der Waals surface area contributed by atoms with E-state index in [4.69, 9.17) is 5.11 Å². The van der Waals surface area contributed by atoms with Gasteiger partial charge in [-0.2, -0.15) is 0 Å². The minimum Gasteiger partial charge on any atom is -0.465 e. The van der Waals surface area contributed by atoms with Gasteiger partial charge in [-0.05, 0) is 18.6 Å². The molecule has 2 N–H and O–H groups in total. The largest absolute Gasteiger partial charge is 0.465 e. The number of carbonyl (C=O) groups is 2. The Labute approximate surface area is 109 Å². The third kappa shape index (κ3) is 3.18. The van der Waals surface area contributed by atoms with Crippen molar-refractivity contribution in [2.75, 3.05) is 13.1 Å². The summed E-state index contributed by atoms with van der Waals surface area (Å²) in [6.07, 6.45) is 0.917. The fourth-order valence-electron chi connectivity index (χ4n) is 2.01. The Morgan fingerprint density at radius 2 is 2.37 bits per heavy atom. The summed E-state index contributed by atoms with van der Waals surface area (Å²) in [7, 11) is 0. The Kier molecular flexibility index (Phi) is 3.94. The van der Waals surface area contributed by atoms with Gasteiger partial charge in [0.05, 0.1) is 18.2 Å². The molecule has 0 radical (unpaired) electrons. The molecule has 0 aliphatic carbocycles. The summed E-state index contributed by atoms with van der Waals surface area (Å²) in [6.45, 7) is 0.548. The molecule has 0 spiro atoms. The van der Waals surface area contributed by atoms with Crippen molar-refractivity contribution >= 4 is 12.0 Å². The van der Waals surface area contributed by atoms with Crippen LogP contribution in [0, 0.1) is 11.7 Å². The summed E-state index contributed by atoms with van der Waals surface area (Å²) in [5, 5.41) is 11.4. The molecule has 1 fully saturated rings. The molecule has 102 valence electrons. The summed E-state index contributed by atoms with van der Waals surface area (Å²) in [5.74, 6) is -1.11. The van der Waals surface area contributed by atoms with Gasteiger partial charge >= 0.3 is 6.09 Å². The minimum atomic E-state index is -1.02. The first-order valence-corrected chi connectivity index (χ1v) is 5.93. The van der Waals surface area contributed by atoms with Crippen LogP contribution >= 0.6 is 0 Å². The maximum absolute atomic E-state index is 13.3. The molecule has 6 nitrogen and oxygen atoms in total. The molecule has 1 aromatic rings. The lowest BCUT2D eigenvalue weighted by Gasteiger charge is -2.12. The van der Waals surface area contributed by atoms with Crippen molar-refractivity contribution in [1.29, 1.82) is 0 Å². The number of pyridine rings is 1. The van der Waals surface area contributed by atoms with Crippen molar-refractivity contribution in [2.24, 2.45) is 5.92 Å². The van der Waals surface area contributed by atoms with Gasteiger partial charge in [0, 0.05) is 19.3 Å². The molecule has 1 aliphatic heterocycles. The second kappa shape index (κ2) is 5.64. The number of nitrogens with one attached hydrogen (secondary N) is 1. The average molecular weight is 267 g/mol. The van der Waals surface area contributed by atoms with E-state index in [1.54, 1.807) is 0 Å². The van der Waals surface area contributed by atoms with E-state index in [0.717, 1.165) is 0 Å². The van der Waals surface area contributed by atoms with Gasteiger partial charge in [-0.15, -0.1) is 0 Å². The molecule has 1 aliphatic rings. The van der Waals surface area contributed by atoms with Gasteiger partial charge in [-0.1, -0.05) is 0 Å². The standard InChI is InChI=1S/C12H14FN3O3/c13-9-2-1-4-14-10(9)6-15-11(17)8-3-5-16(7-8)12(18)19/h1-2,4,8H,3,5-7H2,(H,15,17)(H,18,19)/t8-/m1/s1. The number of amides is 2. The molecule has 0 unspecified atom stereocenters. The van der Waals surface area contributed by atoms with Crippen molar-refractivity contribution < 1.29 is 19.1 Å². The van der Waals surface area contributed by atoms with Crippen LogP contribution in [-0.4, -0.2) is 40.1 Å². The predicted molar refractivity (Wildman–Crippen MR) is 63.7 cm³/mol. The zero-order valence-corrected chi connectivity index (χ0v) is 10.2. The monoisotopic (exact) mass is 267 g/mol. The number of hydrogen-bond acceptors (Lipinski definition) is 3. The van der Waals surface area contributed by atoms with Crippen molar-refractivity contribution in [3.8, 4) is 0 Å². The maximum Gasteiger partial charge on any atom is 0.407 e. The van der Waals surface area contributed by atoms with Crippen molar-refractivity contribution in [3.05, 3.63) is 29.8 Å². The van der Waals surface area contributed by atoms with Gasteiger partial charge in [-0.25, -0.2) is 9.18 Å². The highest BCUT2D eigenvalue weighted by Gasteiger charge is 2.30. The van der Waals surface area contributed by atoms with Gasteiger partial charge in [0.15, 0.2) is 0 Å². The van der Waals surface area contributed by atoms with Crippen LogP contribution in [0.25, 0.3) is 0 Å². The van der Waals surface area contributed by atoms with Crippen LogP contribution < -0.4 is 5.32 Å². The summed E-state index contributed by atoms with van der Waals surface area (Å²) >= 11 is 0. The lowest BCUT2D eigenvalue weighted by atomic mass is 10.1. The number of nitrogens with zero attached hydrogens (tertiary/aromatic N) is 2. The normalized spacial score (nSPS) is 18.4. The number of carbonyl (C=O) groups excluding carboxylic acids is 1. The highest BCUT2D eigenvalue weighted by molar-refractivity contribution is 5.80. The summed E-state index contributed by atoms with van der Waals surface area (Å²) in [4.78, 5) is 27.6. The maximum atomic E-state index is 13.3. The van der Waals surface area contributed by atoms with Crippen LogP contribution in [0.4, 0.5) is 9.18 Å². The van der Waals surface area contributed by atoms with E-state index in [9.17, 15) is 14.0 Å². The molecule has 0 aromatic carbocycles. The van der Waals surface area contributed by atoms with Crippen LogP contribution in [0.5, 0.6) is 0 Å². The summed E-state index contributed by atoms with van der Waals surface area (Å²) < 4.78 is 13.3. The molecular weight excluding hydrogens is 253 g/mol. The zero-order valence-electron chi connectivity index (χ0n) is 10.2. The molecular formula is C12H14FN3O3. The Bertz CT molecular complexity index is 495. The number of likely N-dealkylation sites (tertiary alicyclic amines) is 1. The second-order valence-corrected chi connectivity index (χ2v) is 4.36. The van der Waals surface area contributed by atoms with Crippen LogP contribution in [0.2, 0.25) is 0 Å². The lowest BCUT2D eigenvalue weighted by Crippen LogP contribution is -2.34. The van der Waals surface area contributed by atoms with Gasteiger partial charge in [0.1, 0.15) is 5.82 Å². The molecule has 1 saturated heterocycles. The SMILES string of the molecule is O=C(NCc1ncccc1F)[C@@H]1CCN(C(=O)O)C1. The smallest absolute Gasteiger partial charge is 0.407 e. The van der Waals surface area contributed by atoms with E-state index in [-0.39, 0.29) is 30.6 Å². The Hall–Kier alpha value is -2.18. The lowest BCUT2D eigenvalue weighted by molar-refractivity contribution is -0.124. The molecule has 1 atom stereocenters. The fourth-order valence-corrected chi connectivity index (χ4v) is 2.01. The summed E-state index contributed by atoms with van der Waals surface area (Å²) in [6, 6.07) is 2.75. The van der Waals surface area contributed by atoms with E-state index in [2.05, 4.69) is 10.3 Å². The Morgan fingerprint density at radius 3 is 3.00 bits per heavy atom. The Morgan fingerprint density at radius 1 is 1.58 bits per heavy atom. The third-order valence-electron chi connectivity index (χ3n) is 3.09. The van der Waals surface area contributed by atoms with Crippen LogP contribution in [0.15, 0.2) is 18.3 Å². The van der Waals surface area contributed by atoms with Gasteiger partial charge in [0.25, 0.3) is 0 Å². The number of hydrogen-bond donors (Lipinski definition) is 2. The highest BCUT2D eigenvalue weighted by Crippen LogP contribution is 2.16. The number of rotatable bonds is 3.